The number of esters is 1. The van der Waals surface area contributed by atoms with Crippen LogP contribution in [0.2, 0.25) is 0 Å². The van der Waals surface area contributed by atoms with E-state index in [2.05, 4.69) is 16.3 Å². The fourth-order valence-corrected chi connectivity index (χ4v) is 2.41. The highest BCUT2D eigenvalue weighted by Gasteiger charge is 2.14. The molecule has 0 fully saturated rings. The van der Waals surface area contributed by atoms with Gasteiger partial charge in [-0.15, -0.1) is 0 Å². The van der Waals surface area contributed by atoms with Crippen molar-refractivity contribution in [2.75, 3.05) is 6.61 Å². The molecule has 2 aromatic carbocycles. The van der Waals surface area contributed by atoms with Gasteiger partial charge in [-0.25, -0.2) is 4.79 Å². The zero-order chi connectivity index (χ0) is 16.8. The molecule has 0 aliphatic heterocycles. The minimum absolute atomic E-state index is 0.332. The summed E-state index contributed by atoms with van der Waals surface area (Å²) in [5.41, 5.74) is 4.09. The maximum Gasteiger partial charge on any atom is 0.356 e. The standard InChI is InChI=1S/C20H18N2O2/c1-2-24-20(23)19-14-18(21-22-19)17(16-11-7-4-8-12-16)13-15-9-5-3-6-10-15/h3-14H,2H2,1H3,(H,21,22)/b17-13+. The summed E-state index contributed by atoms with van der Waals surface area (Å²) in [5.74, 6) is -0.400. The Hall–Kier alpha value is -3.14. The lowest BCUT2D eigenvalue weighted by molar-refractivity contribution is 0.0519. The fourth-order valence-electron chi connectivity index (χ4n) is 2.41. The molecule has 1 N–H and O–H groups in total. The molecule has 0 atom stereocenters. The fraction of sp³-hybridized carbons (Fsp3) is 0.100. The van der Waals surface area contributed by atoms with Gasteiger partial charge in [0.25, 0.3) is 0 Å². The van der Waals surface area contributed by atoms with Crippen molar-refractivity contribution in [2.24, 2.45) is 0 Å². The van der Waals surface area contributed by atoms with Gasteiger partial charge in [-0.3, -0.25) is 5.10 Å². The summed E-state index contributed by atoms with van der Waals surface area (Å²) >= 11 is 0. The molecule has 0 spiro atoms. The molecule has 0 unspecified atom stereocenters. The second kappa shape index (κ2) is 7.42. The Morgan fingerprint density at radius 2 is 1.75 bits per heavy atom. The second-order valence-electron chi connectivity index (χ2n) is 5.22. The quantitative estimate of drug-likeness (QED) is 0.567. The summed E-state index contributed by atoms with van der Waals surface area (Å²) in [6.45, 7) is 2.11. The summed E-state index contributed by atoms with van der Waals surface area (Å²) < 4.78 is 5.02. The Morgan fingerprint density at radius 3 is 2.42 bits per heavy atom. The number of aromatic amines is 1. The number of benzene rings is 2. The van der Waals surface area contributed by atoms with Crippen molar-refractivity contribution < 1.29 is 9.53 Å². The second-order valence-corrected chi connectivity index (χ2v) is 5.22. The molecule has 0 aliphatic carbocycles. The molecule has 0 bridgehead atoms. The predicted molar refractivity (Wildman–Crippen MR) is 94.4 cm³/mol. The van der Waals surface area contributed by atoms with E-state index in [0.717, 1.165) is 16.7 Å². The summed E-state index contributed by atoms with van der Waals surface area (Å²) in [7, 11) is 0. The molecule has 4 heteroatoms. The van der Waals surface area contributed by atoms with E-state index in [4.69, 9.17) is 4.74 Å². The smallest absolute Gasteiger partial charge is 0.356 e. The lowest BCUT2D eigenvalue weighted by Crippen LogP contribution is -2.04. The molecule has 0 aliphatic rings. The van der Waals surface area contributed by atoms with Crippen LogP contribution in [0.15, 0.2) is 66.7 Å². The number of hydrogen-bond acceptors (Lipinski definition) is 3. The van der Waals surface area contributed by atoms with Gasteiger partial charge in [0, 0.05) is 5.57 Å². The third kappa shape index (κ3) is 3.60. The zero-order valence-corrected chi connectivity index (χ0v) is 13.4. The molecule has 4 nitrogen and oxygen atoms in total. The van der Waals surface area contributed by atoms with Crippen LogP contribution in [0.25, 0.3) is 11.6 Å². The third-order valence-electron chi connectivity index (χ3n) is 3.54. The maximum atomic E-state index is 11.9. The first kappa shape index (κ1) is 15.7. The molecule has 3 rings (SSSR count). The van der Waals surface area contributed by atoms with Crippen molar-refractivity contribution in [1.29, 1.82) is 0 Å². The SMILES string of the molecule is CCOC(=O)c1cc(/C(=C/c2ccccc2)c2ccccc2)n[nH]1. The number of rotatable bonds is 5. The Labute approximate surface area is 140 Å². The van der Waals surface area contributed by atoms with Crippen LogP contribution in [0, 0.1) is 0 Å². The number of carbonyl (C=O) groups is 1. The van der Waals surface area contributed by atoms with Crippen LogP contribution < -0.4 is 0 Å². The minimum atomic E-state index is -0.400. The lowest BCUT2D eigenvalue weighted by atomic mass is 10.00. The van der Waals surface area contributed by atoms with E-state index in [0.29, 0.717) is 18.0 Å². The predicted octanol–water partition coefficient (Wildman–Crippen LogP) is 4.18. The monoisotopic (exact) mass is 318 g/mol. The average molecular weight is 318 g/mol. The van der Waals surface area contributed by atoms with Gasteiger partial charge < -0.3 is 4.74 Å². The molecule has 0 saturated carbocycles. The Bertz CT molecular complexity index is 836. The molecule has 0 radical (unpaired) electrons. The molecule has 1 heterocycles. The van der Waals surface area contributed by atoms with Crippen molar-refractivity contribution in [3.63, 3.8) is 0 Å². The van der Waals surface area contributed by atoms with Gasteiger partial charge in [0.2, 0.25) is 0 Å². The van der Waals surface area contributed by atoms with Crippen molar-refractivity contribution in [1.82, 2.24) is 10.2 Å². The first-order valence-corrected chi connectivity index (χ1v) is 7.83. The van der Waals surface area contributed by atoms with Crippen LogP contribution in [0.4, 0.5) is 0 Å². The highest BCUT2D eigenvalue weighted by Crippen LogP contribution is 2.25. The lowest BCUT2D eigenvalue weighted by Gasteiger charge is -2.05. The van der Waals surface area contributed by atoms with E-state index < -0.39 is 5.97 Å². The number of H-pyrrole nitrogens is 1. The number of hydrogen-bond donors (Lipinski definition) is 1. The average Bonchev–Trinajstić information content (AvgIpc) is 3.11. The Kier molecular flexibility index (Phi) is 4.87. The maximum absolute atomic E-state index is 11.9. The number of nitrogens with one attached hydrogen (secondary N) is 1. The molecule has 3 aromatic rings. The van der Waals surface area contributed by atoms with Crippen LogP contribution >= 0.6 is 0 Å². The van der Waals surface area contributed by atoms with E-state index in [1.807, 2.05) is 60.7 Å². The van der Waals surface area contributed by atoms with Gasteiger partial charge in [0.15, 0.2) is 0 Å². The first-order chi connectivity index (χ1) is 11.8. The summed E-state index contributed by atoms with van der Waals surface area (Å²) in [6.07, 6.45) is 2.06. The minimum Gasteiger partial charge on any atom is -0.461 e. The van der Waals surface area contributed by atoms with Gasteiger partial charge in [-0.2, -0.15) is 5.10 Å². The number of nitrogens with zero attached hydrogens (tertiary/aromatic N) is 1. The van der Waals surface area contributed by atoms with Gasteiger partial charge in [0.05, 0.1) is 12.3 Å². The number of carbonyl (C=O) groups excluding carboxylic acids is 1. The normalized spacial score (nSPS) is 11.3. The van der Waals surface area contributed by atoms with Crippen LogP contribution in [0.3, 0.4) is 0 Å². The number of aromatic nitrogens is 2. The van der Waals surface area contributed by atoms with Crippen molar-refractivity contribution in [3.05, 3.63) is 89.2 Å². The van der Waals surface area contributed by atoms with E-state index in [-0.39, 0.29) is 0 Å². The van der Waals surface area contributed by atoms with Crippen LogP contribution in [-0.2, 0) is 4.74 Å². The van der Waals surface area contributed by atoms with E-state index >= 15 is 0 Å². The molecular formula is C20H18N2O2. The first-order valence-electron chi connectivity index (χ1n) is 7.83. The topological polar surface area (TPSA) is 55.0 Å². The highest BCUT2D eigenvalue weighted by atomic mass is 16.5. The van der Waals surface area contributed by atoms with E-state index in [1.165, 1.54) is 0 Å². The molecule has 0 amide bonds. The zero-order valence-electron chi connectivity index (χ0n) is 13.4. The molecule has 24 heavy (non-hydrogen) atoms. The Balaban J connectivity index is 2.03. The van der Waals surface area contributed by atoms with Crippen LogP contribution in [0.1, 0.15) is 34.2 Å². The van der Waals surface area contributed by atoms with Gasteiger partial charge >= 0.3 is 5.97 Å². The number of ether oxygens (including phenoxy) is 1. The van der Waals surface area contributed by atoms with Crippen LogP contribution in [-0.4, -0.2) is 22.8 Å². The molecular weight excluding hydrogens is 300 g/mol. The summed E-state index contributed by atoms with van der Waals surface area (Å²) in [4.78, 5) is 11.9. The third-order valence-corrected chi connectivity index (χ3v) is 3.54. The van der Waals surface area contributed by atoms with Crippen molar-refractivity contribution in [3.8, 4) is 0 Å². The van der Waals surface area contributed by atoms with Gasteiger partial charge in [-0.05, 0) is 30.2 Å². The van der Waals surface area contributed by atoms with E-state index in [1.54, 1.807) is 13.0 Å². The van der Waals surface area contributed by atoms with Gasteiger partial charge in [-0.1, -0.05) is 60.7 Å². The van der Waals surface area contributed by atoms with Crippen LogP contribution in [0.5, 0.6) is 0 Å². The molecule has 0 saturated heterocycles. The molecule has 120 valence electrons. The summed E-state index contributed by atoms with van der Waals surface area (Å²) in [6, 6.07) is 21.7. The van der Waals surface area contributed by atoms with Crippen molar-refractivity contribution in [2.45, 2.75) is 6.92 Å². The van der Waals surface area contributed by atoms with Crippen molar-refractivity contribution >= 4 is 17.6 Å². The largest absolute Gasteiger partial charge is 0.461 e. The molecule has 1 aromatic heterocycles. The van der Waals surface area contributed by atoms with Gasteiger partial charge in [0.1, 0.15) is 5.69 Å². The summed E-state index contributed by atoms with van der Waals surface area (Å²) in [5, 5.41) is 7.06. The van der Waals surface area contributed by atoms with E-state index in [9.17, 15) is 4.79 Å². The Morgan fingerprint density at radius 1 is 1.08 bits per heavy atom. The highest BCUT2D eigenvalue weighted by molar-refractivity contribution is 5.93.